The van der Waals surface area contributed by atoms with Crippen LogP contribution in [0.5, 0.6) is 0 Å². The van der Waals surface area contributed by atoms with Gasteiger partial charge in [-0.05, 0) is 25.1 Å². The van der Waals surface area contributed by atoms with Crippen molar-refractivity contribution in [2.45, 2.75) is 12.5 Å². The molecule has 2 rings (SSSR count). The van der Waals surface area contributed by atoms with Gasteiger partial charge in [0.05, 0.1) is 0 Å². The molecule has 0 aliphatic carbocycles. The van der Waals surface area contributed by atoms with E-state index in [9.17, 15) is 0 Å². The monoisotopic (exact) mass is 248 g/mol. The number of nitrogens with one attached hydrogen (secondary N) is 1. The van der Waals surface area contributed by atoms with Crippen LogP contribution in [-0.2, 0) is 0 Å². The molecule has 1 aliphatic heterocycles. The molecule has 1 atom stereocenters. The number of likely N-dealkylation sites (N-methyl/N-ethyl adjacent to an activating group) is 1. The summed E-state index contributed by atoms with van der Waals surface area (Å²) >= 11 is 5.67. The molecule has 1 aromatic heterocycles. The lowest BCUT2D eigenvalue weighted by atomic mass is 10.2. The van der Waals surface area contributed by atoms with Crippen molar-refractivity contribution in [3.8, 4) is 0 Å². The van der Waals surface area contributed by atoms with Crippen molar-refractivity contribution in [1.82, 2.24) is 15.5 Å². The molecule has 1 fully saturated rings. The Morgan fingerprint density at radius 3 is 2.80 bits per heavy atom. The van der Waals surface area contributed by atoms with Crippen LogP contribution in [0.4, 0.5) is 5.82 Å². The normalized spacial score (nSPS) is 19.7. The third-order valence-corrected chi connectivity index (χ3v) is 2.76. The number of anilines is 1. The van der Waals surface area contributed by atoms with Crippen LogP contribution in [0.2, 0.25) is 5.15 Å². The summed E-state index contributed by atoms with van der Waals surface area (Å²) in [6.07, 6.45) is 1.15. The second-order valence-electron chi connectivity index (χ2n) is 3.47. The molecular weight excluding hydrogens is 235 g/mol. The van der Waals surface area contributed by atoms with Gasteiger partial charge in [0.1, 0.15) is 0 Å². The van der Waals surface area contributed by atoms with Crippen LogP contribution in [0.15, 0.2) is 12.1 Å². The number of halogens is 2. The molecule has 6 heteroatoms. The fourth-order valence-electron chi connectivity index (χ4n) is 1.65. The molecule has 0 amide bonds. The average Bonchev–Trinajstić information content (AvgIpc) is 2.71. The van der Waals surface area contributed by atoms with Crippen LogP contribution in [0.3, 0.4) is 0 Å². The summed E-state index contributed by atoms with van der Waals surface area (Å²) in [6, 6.07) is 4.18. The molecule has 84 valence electrons. The van der Waals surface area contributed by atoms with Gasteiger partial charge in [-0.2, -0.15) is 0 Å². The fourth-order valence-corrected chi connectivity index (χ4v) is 1.75. The van der Waals surface area contributed by atoms with Crippen molar-refractivity contribution in [2.24, 2.45) is 0 Å². The van der Waals surface area contributed by atoms with Gasteiger partial charge in [-0.15, -0.1) is 22.6 Å². The maximum atomic E-state index is 5.67. The van der Waals surface area contributed by atoms with Crippen molar-refractivity contribution >= 4 is 29.8 Å². The zero-order valence-electron chi connectivity index (χ0n) is 8.48. The van der Waals surface area contributed by atoms with E-state index in [-0.39, 0.29) is 12.4 Å². The standard InChI is InChI=1S/C9H13ClN4.ClH/c1-14(7-4-5-11-6-7)9-3-2-8(10)12-13-9;/h2-3,7,11H,4-6H2,1H3;1H. The maximum Gasteiger partial charge on any atom is 0.151 e. The van der Waals surface area contributed by atoms with Gasteiger partial charge in [0.15, 0.2) is 11.0 Å². The van der Waals surface area contributed by atoms with Crippen LogP contribution < -0.4 is 10.2 Å². The molecule has 15 heavy (non-hydrogen) atoms. The summed E-state index contributed by atoms with van der Waals surface area (Å²) in [6.45, 7) is 2.09. The van der Waals surface area contributed by atoms with Crippen molar-refractivity contribution in [2.75, 3.05) is 25.0 Å². The Morgan fingerprint density at radius 1 is 1.47 bits per heavy atom. The van der Waals surface area contributed by atoms with E-state index in [1.165, 1.54) is 0 Å². The lowest BCUT2D eigenvalue weighted by Gasteiger charge is -2.23. The van der Waals surface area contributed by atoms with E-state index in [1.54, 1.807) is 6.07 Å². The maximum absolute atomic E-state index is 5.67. The van der Waals surface area contributed by atoms with E-state index in [0.29, 0.717) is 11.2 Å². The molecule has 2 heterocycles. The summed E-state index contributed by atoms with van der Waals surface area (Å²) in [5, 5.41) is 11.6. The molecule has 0 aromatic carbocycles. The number of hydrogen-bond donors (Lipinski definition) is 1. The van der Waals surface area contributed by atoms with Crippen LogP contribution in [0, 0.1) is 0 Å². The number of nitrogens with zero attached hydrogens (tertiary/aromatic N) is 3. The Bertz CT molecular complexity index is 297. The highest BCUT2D eigenvalue weighted by atomic mass is 35.5. The molecule has 4 nitrogen and oxygen atoms in total. The first-order valence-electron chi connectivity index (χ1n) is 4.70. The Kier molecular flexibility index (Phi) is 4.57. The Labute approximate surface area is 100 Å². The first-order valence-corrected chi connectivity index (χ1v) is 5.08. The van der Waals surface area contributed by atoms with Crippen molar-refractivity contribution in [3.63, 3.8) is 0 Å². The quantitative estimate of drug-likeness (QED) is 0.859. The van der Waals surface area contributed by atoms with Crippen molar-refractivity contribution < 1.29 is 0 Å². The van der Waals surface area contributed by atoms with Gasteiger partial charge in [-0.25, -0.2) is 0 Å². The van der Waals surface area contributed by atoms with Crippen LogP contribution in [-0.4, -0.2) is 36.4 Å². The van der Waals surface area contributed by atoms with Crippen LogP contribution in [0.1, 0.15) is 6.42 Å². The van der Waals surface area contributed by atoms with E-state index in [0.717, 1.165) is 25.3 Å². The lowest BCUT2D eigenvalue weighted by Crippen LogP contribution is -2.33. The van der Waals surface area contributed by atoms with Crippen LogP contribution in [0.25, 0.3) is 0 Å². The molecule has 1 unspecified atom stereocenters. The summed E-state index contributed by atoms with van der Waals surface area (Å²) in [4.78, 5) is 2.14. The number of rotatable bonds is 2. The van der Waals surface area contributed by atoms with Crippen molar-refractivity contribution in [1.29, 1.82) is 0 Å². The van der Waals surface area contributed by atoms with E-state index < -0.39 is 0 Å². The lowest BCUT2D eigenvalue weighted by molar-refractivity contribution is 0.672. The van der Waals surface area contributed by atoms with Gasteiger partial charge in [0.25, 0.3) is 0 Å². The molecule has 0 radical (unpaired) electrons. The molecular formula is C9H14Cl2N4. The predicted molar refractivity (Wildman–Crippen MR) is 64.0 cm³/mol. The summed E-state index contributed by atoms with van der Waals surface area (Å²) in [5.41, 5.74) is 0. The molecule has 1 N–H and O–H groups in total. The average molecular weight is 249 g/mol. The Balaban J connectivity index is 0.00000112. The largest absolute Gasteiger partial charge is 0.354 e. The zero-order valence-corrected chi connectivity index (χ0v) is 10.1. The van der Waals surface area contributed by atoms with E-state index in [1.807, 2.05) is 13.1 Å². The second-order valence-corrected chi connectivity index (χ2v) is 3.86. The summed E-state index contributed by atoms with van der Waals surface area (Å²) in [5.74, 6) is 0.878. The zero-order chi connectivity index (χ0) is 9.97. The van der Waals surface area contributed by atoms with E-state index in [4.69, 9.17) is 11.6 Å². The summed E-state index contributed by atoms with van der Waals surface area (Å²) in [7, 11) is 2.04. The van der Waals surface area contributed by atoms with Gasteiger partial charge >= 0.3 is 0 Å². The molecule has 0 saturated carbocycles. The number of aromatic nitrogens is 2. The SMILES string of the molecule is CN(c1ccc(Cl)nn1)C1CCNC1.Cl. The number of hydrogen-bond acceptors (Lipinski definition) is 4. The van der Waals surface area contributed by atoms with Crippen LogP contribution >= 0.6 is 24.0 Å². The molecule has 1 aliphatic rings. The third-order valence-electron chi connectivity index (χ3n) is 2.56. The minimum absolute atomic E-state index is 0. The minimum atomic E-state index is 0. The predicted octanol–water partition coefficient (Wildman–Crippen LogP) is 1.35. The highest BCUT2D eigenvalue weighted by Crippen LogP contribution is 2.15. The fraction of sp³-hybridized carbons (Fsp3) is 0.556. The molecule has 1 aromatic rings. The summed E-state index contributed by atoms with van der Waals surface area (Å²) < 4.78 is 0. The molecule has 1 saturated heterocycles. The molecule has 0 bridgehead atoms. The topological polar surface area (TPSA) is 41.1 Å². The second kappa shape index (κ2) is 5.49. The minimum Gasteiger partial charge on any atom is -0.354 e. The van der Waals surface area contributed by atoms with Crippen molar-refractivity contribution in [3.05, 3.63) is 17.3 Å². The Hall–Kier alpha value is -0.580. The first-order chi connectivity index (χ1) is 6.77. The highest BCUT2D eigenvalue weighted by Gasteiger charge is 2.20. The van der Waals surface area contributed by atoms with E-state index >= 15 is 0 Å². The Morgan fingerprint density at radius 2 is 2.27 bits per heavy atom. The smallest absolute Gasteiger partial charge is 0.151 e. The first kappa shape index (κ1) is 12.5. The van der Waals surface area contributed by atoms with Gasteiger partial charge in [0, 0.05) is 19.6 Å². The van der Waals surface area contributed by atoms with E-state index in [2.05, 4.69) is 20.4 Å². The van der Waals surface area contributed by atoms with Gasteiger partial charge in [-0.3, -0.25) is 0 Å². The highest BCUT2D eigenvalue weighted by molar-refractivity contribution is 6.29. The third kappa shape index (κ3) is 2.93. The van der Waals surface area contributed by atoms with Gasteiger partial charge in [-0.1, -0.05) is 11.6 Å². The van der Waals surface area contributed by atoms with Gasteiger partial charge < -0.3 is 10.2 Å². The van der Waals surface area contributed by atoms with Gasteiger partial charge in [0.2, 0.25) is 0 Å². The molecule has 0 spiro atoms.